The van der Waals surface area contributed by atoms with Gasteiger partial charge in [-0.1, -0.05) is 13.3 Å². The zero-order valence-corrected chi connectivity index (χ0v) is 12.4. The molecule has 0 fully saturated rings. The molecule has 0 amide bonds. The Balaban J connectivity index is 2.14. The molecule has 1 aromatic heterocycles. The molecule has 0 bridgehead atoms. The normalized spacial score (nSPS) is 10.4. The Morgan fingerprint density at radius 1 is 1.37 bits per heavy atom. The number of carbonyl (C=O) groups excluding carboxylic acids is 1. The van der Waals surface area contributed by atoms with E-state index in [-0.39, 0.29) is 5.97 Å². The highest BCUT2D eigenvalue weighted by atomic mass is 32.1. The summed E-state index contributed by atoms with van der Waals surface area (Å²) in [6, 6.07) is 0. The number of nitrogens with zero attached hydrogens (tertiary/aromatic N) is 1. The van der Waals surface area contributed by atoms with Gasteiger partial charge in [-0.05, 0) is 19.8 Å². The number of thiazole rings is 1. The van der Waals surface area contributed by atoms with Crippen LogP contribution in [0.1, 0.15) is 43.6 Å². The molecular formula is C13H22N2O3S. The van der Waals surface area contributed by atoms with Gasteiger partial charge in [-0.3, -0.25) is 0 Å². The Labute approximate surface area is 118 Å². The number of hydrogen-bond acceptors (Lipinski definition) is 6. The fourth-order valence-corrected chi connectivity index (χ4v) is 2.08. The molecule has 5 nitrogen and oxygen atoms in total. The van der Waals surface area contributed by atoms with Crippen LogP contribution in [0.2, 0.25) is 0 Å². The number of esters is 1. The minimum atomic E-state index is -0.366. The molecule has 19 heavy (non-hydrogen) atoms. The van der Waals surface area contributed by atoms with Gasteiger partial charge in [0, 0.05) is 25.1 Å². The smallest absolute Gasteiger partial charge is 0.357 e. The molecular weight excluding hydrogens is 264 g/mol. The fourth-order valence-electron chi connectivity index (χ4n) is 1.37. The number of aromatic nitrogens is 1. The summed E-state index contributed by atoms with van der Waals surface area (Å²) in [7, 11) is 0. The Kier molecular flexibility index (Phi) is 8.16. The van der Waals surface area contributed by atoms with E-state index < -0.39 is 0 Å². The van der Waals surface area contributed by atoms with E-state index in [1.807, 2.05) is 0 Å². The maximum Gasteiger partial charge on any atom is 0.357 e. The summed E-state index contributed by atoms with van der Waals surface area (Å²) in [5.74, 6) is -0.366. The minimum absolute atomic E-state index is 0.366. The highest BCUT2D eigenvalue weighted by Gasteiger charge is 2.10. The molecule has 1 heterocycles. The van der Waals surface area contributed by atoms with Crippen LogP contribution in [0, 0.1) is 0 Å². The third-order valence-corrected chi connectivity index (χ3v) is 3.17. The quantitative estimate of drug-likeness (QED) is 0.529. The van der Waals surface area contributed by atoms with Crippen molar-refractivity contribution in [2.24, 2.45) is 0 Å². The molecule has 0 aliphatic heterocycles. The van der Waals surface area contributed by atoms with Gasteiger partial charge in [0.2, 0.25) is 0 Å². The van der Waals surface area contributed by atoms with Gasteiger partial charge >= 0.3 is 5.97 Å². The summed E-state index contributed by atoms with van der Waals surface area (Å²) in [5, 5.41) is 5.63. The summed E-state index contributed by atoms with van der Waals surface area (Å²) < 4.78 is 10.3. The molecule has 1 N–H and O–H groups in total. The van der Waals surface area contributed by atoms with E-state index in [0.29, 0.717) is 12.3 Å². The topological polar surface area (TPSA) is 60.5 Å². The van der Waals surface area contributed by atoms with Crippen molar-refractivity contribution in [2.75, 3.05) is 31.7 Å². The van der Waals surface area contributed by atoms with Crippen LogP contribution in [0.5, 0.6) is 0 Å². The number of ether oxygens (including phenoxy) is 2. The second-order valence-corrected chi connectivity index (χ2v) is 4.86. The average Bonchev–Trinajstić information content (AvgIpc) is 2.87. The molecule has 0 aliphatic carbocycles. The fraction of sp³-hybridized carbons (Fsp3) is 0.692. The predicted molar refractivity (Wildman–Crippen MR) is 76.9 cm³/mol. The molecule has 0 atom stereocenters. The number of carbonyl (C=O) groups is 1. The molecule has 0 unspecified atom stereocenters. The van der Waals surface area contributed by atoms with Crippen molar-refractivity contribution < 1.29 is 14.3 Å². The largest absolute Gasteiger partial charge is 0.461 e. The molecule has 108 valence electrons. The van der Waals surface area contributed by atoms with E-state index in [1.165, 1.54) is 11.3 Å². The van der Waals surface area contributed by atoms with Gasteiger partial charge in [0.25, 0.3) is 0 Å². The lowest BCUT2D eigenvalue weighted by Crippen LogP contribution is -2.08. The predicted octanol–water partition coefficient (Wildman–Crippen LogP) is 2.94. The number of nitrogens with one attached hydrogen (secondary N) is 1. The second-order valence-electron chi connectivity index (χ2n) is 4.00. The highest BCUT2D eigenvalue weighted by molar-refractivity contribution is 7.13. The first-order valence-corrected chi connectivity index (χ1v) is 7.60. The van der Waals surface area contributed by atoms with Gasteiger partial charge in [0.15, 0.2) is 10.8 Å². The summed E-state index contributed by atoms with van der Waals surface area (Å²) in [5.41, 5.74) is 0.369. The number of unbranched alkanes of at least 4 members (excludes halogenated alkanes) is 1. The minimum Gasteiger partial charge on any atom is -0.461 e. The first kappa shape index (κ1) is 15.9. The van der Waals surface area contributed by atoms with Crippen LogP contribution in [-0.4, -0.2) is 37.3 Å². The number of hydrogen-bond donors (Lipinski definition) is 1. The van der Waals surface area contributed by atoms with Crippen LogP contribution in [0.4, 0.5) is 5.13 Å². The number of rotatable bonds is 10. The lowest BCUT2D eigenvalue weighted by Gasteiger charge is -2.04. The van der Waals surface area contributed by atoms with Crippen molar-refractivity contribution in [1.82, 2.24) is 4.98 Å². The van der Waals surface area contributed by atoms with E-state index in [1.54, 1.807) is 12.3 Å². The van der Waals surface area contributed by atoms with Gasteiger partial charge in [0.05, 0.1) is 6.61 Å². The Bertz CT molecular complexity index is 369. The maximum atomic E-state index is 11.4. The van der Waals surface area contributed by atoms with E-state index in [2.05, 4.69) is 17.2 Å². The van der Waals surface area contributed by atoms with E-state index >= 15 is 0 Å². The molecule has 1 aromatic rings. The second kappa shape index (κ2) is 9.75. The molecule has 1 rings (SSSR count). The van der Waals surface area contributed by atoms with Crippen LogP contribution in [0.15, 0.2) is 5.38 Å². The average molecular weight is 286 g/mol. The summed E-state index contributed by atoms with van der Waals surface area (Å²) in [6.45, 7) is 6.68. The summed E-state index contributed by atoms with van der Waals surface area (Å²) in [4.78, 5) is 15.6. The molecule has 0 radical (unpaired) electrons. The Morgan fingerprint density at radius 2 is 2.16 bits per heavy atom. The molecule has 6 heteroatoms. The van der Waals surface area contributed by atoms with Gasteiger partial charge in [-0.2, -0.15) is 0 Å². The Hall–Kier alpha value is -1.14. The van der Waals surface area contributed by atoms with E-state index in [4.69, 9.17) is 9.47 Å². The lowest BCUT2D eigenvalue weighted by atomic mass is 10.4. The lowest BCUT2D eigenvalue weighted by molar-refractivity contribution is 0.0520. The monoisotopic (exact) mass is 286 g/mol. The van der Waals surface area contributed by atoms with Crippen LogP contribution in [-0.2, 0) is 9.47 Å². The van der Waals surface area contributed by atoms with Gasteiger partial charge < -0.3 is 14.8 Å². The Morgan fingerprint density at radius 3 is 2.89 bits per heavy atom. The summed E-state index contributed by atoms with van der Waals surface area (Å²) >= 11 is 1.41. The zero-order chi connectivity index (χ0) is 13.9. The third-order valence-electron chi connectivity index (χ3n) is 2.37. The van der Waals surface area contributed by atoms with Crippen molar-refractivity contribution >= 4 is 22.4 Å². The van der Waals surface area contributed by atoms with Crippen LogP contribution < -0.4 is 5.32 Å². The van der Waals surface area contributed by atoms with E-state index in [0.717, 1.165) is 44.2 Å². The van der Waals surface area contributed by atoms with Gasteiger partial charge in [0.1, 0.15) is 0 Å². The molecule has 0 saturated carbocycles. The molecule has 0 saturated heterocycles. The van der Waals surface area contributed by atoms with Crippen molar-refractivity contribution in [3.63, 3.8) is 0 Å². The van der Waals surface area contributed by atoms with Crippen molar-refractivity contribution in [2.45, 2.75) is 33.1 Å². The van der Waals surface area contributed by atoms with Crippen molar-refractivity contribution in [3.05, 3.63) is 11.1 Å². The maximum absolute atomic E-state index is 11.4. The summed E-state index contributed by atoms with van der Waals surface area (Å²) in [6.07, 6.45) is 3.20. The number of anilines is 1. The van der Waals surface area contributed by atoms with E-state index in [9.17, 15) is 4.79 Å². The first-order valence-electron chi connectivity index (χ1n) is 6.72. The SMILES string of the molecule is CCCCOCCCNc1nc(C(=O)OCC)cs1. The highest BCUT2D eigenvalue weighted by Crippen LogP contribution is 2.15. The molecule has 0 aliphatic rings. The molecule has 0 spiro atoms. The molecule has 0 aromatic carbocycles. The standard InChI is InChI=1S/C13H22N2O3S/c1-3-5-8-17-9-6-7-14-13-15-11(10-19-13)12(16)18-4-2/h10H,3-9H2,1-2H3,(H,14,15). The van der Waals surface area contributed by atoms with Crippen LogP contribution >= 0.6 is 11.3 Å². The van der Waals surface area contributed by atoms with Crippen molar-refractivity contribution in [1.29, 1.82) is 0 Å². The van der Waals surface area contributed by atoms with Crippen molar-refractivity contribution in [3.8, 4) is 0 Å². The van der Waals surface area contributed by atoms with Gasteiger partial charge in [-0.15, -0.1) is 11.3 Å². The zero-order valence-electron chi connectivity index (χ0n) is 11.6. The first-order chi connectivity index (χ1) is 9.27. The third kappa shape index (κ3) is 6.54. The van der Waals surface area contributed by atoms with Gasteiger partial charge in [-0.25, -0.2) is 9.78 Å². The van der Waals surface area contributed by atoms with Crippen LogP contribution in [0.25, 0.3) is 0 Å². The van der Waals surface area contributed by atoms with Crippen LogP contribution in [0.3, 0.4) is 0 Å².